The molecule has 2 aromatic rings. The molecule has 0 aromatic heterocycles. The average molecular weight is 355 g/mol. The smallest absolute Gasteiger partial charge is 0.233 e. The number of rotatable bonds is 6. The number of aryl methyl sites for hydroxylation is 1. The van der Waals surface area contributed by atoms with Gasteiger partial charge < -0.3 is 10.2 Å². The maximum atomic E-state index is 12.6. The van der Waals surface area contributed by atoms with Crippen molar-refractivity contribution >= 4 is 17.7 Å². The van der Waals surface area contributed by atoms with E-state index in [-0.39, 0.29) is 17.2 Å². The number of nitrogens with zero attached hydrogens (tertiary/aromatic N) is 1. The summed E-state index contributed by atoms with van der Waals surface area (Å²) in [5.74, 6) is 0.137. The molecule has 3 rings (SSSR count). The number of amides is 1. The predicted molar refractivity (Wildman–Crippen MR) is 105 cm³/mol. The zero-order valence-corrected chi connectivity index (χ0v) is 16.0. The van der Waals surface area contributed by atoms with Gasteiger partial charge in [0, 0.05) is 11.4 Å². The van der Waals surface area contributed by atoms with Gasteiger partial charge in [-0.3, -0.25) is 4.79 Å². The van der Waals surface area contributed by atoms with Crippen LogP contribution in [0.25, 0.3) is 0 Å². The van der Waals surface area contributed by atoms with E-state index in [2.05, 4.69) is 67.6 Å². The minimum Gasteiger partial charge on any atom is -0.353 e. The highest BCUT2D eigenvalue weighted by molar-refractivity contribution is 8.01. The molecule has 0 fully saturated rings. The van der Waals surface area contributed by atoms with Gasteiger partial charge in [0.15, 0.2) is 0 Å². The fraction of sp³-hybridized carbons (Fsp3) is 0.381. The summed E-state index contributed by atoms with van der Waals surface area (Å²) in [4.78, 5) is 16.0. The maximum absolute atomic E-state index is 12.6. The lowest BCUT2D eigenvalue weighted by Crippen LogP contribution is -2.38. The number of hydrogen-bond acceptors (Lipinski definition) is 3. The molecule has 0 unspecified atom stereocenters. The van der Waals surface area contributed by atoms with Crippen LogP contribution >= 0.6 is 11.8 Å². The Hall–Kier alpha value is -1.78. The van der Waals surface area contributed by atoms with E-state index in [4.69, 9.17) is 0 Å². The number of likely N-dealkylation sites (N-methyl/N-ethyl adjacent to an activating group) is 1. The van der Waals surface area contributed by atoms with E-state index in [0.29, 0.717) is 6.54 Å². The topological polar surface area (TPSA) is 32.3 Å². The lowest BCUT2D eigenvalue weighted by Gasteiger charge is -2.26. The van der Waals surface area contributed by atoms with E-state index < -0.39 is 0 Å². The van der Waals surface area contributed by atoms with Crippen molar-refractivity contribution in [2.75, 3.05) is 20.6 Å². The fourth-order valence-electron chi connectivity index (χ4n) is 3.21. The number of nitrogens with one attached hydrogen (secondary N) is 1. The molecule has 0 aliphatic carbocycles. The molecule has 1 N–H and O–H groups in total. The number of hydrogen-bond donors (Lipinski definition) is 1. The van der Waals surface area contributed by atoms with Crippen molar-refractivity contribution in [1.29, 1.82) is 0 Å². The van der Waals surface area contributed by atoms with Crippen LogP contribution in [0.5, 0.6) is 0 Å². The van der Waals surface area contributed by atoms with E-state index in [1.165, 1.54) is 21.6 Å². The Kier molecular flexibility index (Phi) is 5.82. The van der Waals surface area contributed by atoms with E-state index >= 15 is 0 Å². The predicted octanol–water partition coefficient (Wildman–Crippen LogP) is 3.68. The van der Waals surface area contributed by atoms with Crippen molar-refractivity contribution in [2.45, 2.75) is 36.0 Å². The SMILES string of the molecule is CCc1ccc([C@H](CNC(=O)[C@H]2Cc3ccccc3S2)N(C)C)cc1. The zero-order valence-electron chi connectivity index (χ0n) is 15.2. The highest BCUT2D eigenvalue weighted by atomic mass is 32.2. The number of benzene rings is 2. The van der Waals surface area contributed by atoms with Gasteiger partial charge in [0.05, 0.1) is 11.3 Å². The van der Waals surface area contributed by atoms with Crippen LogP contribution < -0.4 is 5.32 Å². The molecule has 2 aromatic carbocycles. The summed E-state index contributed by atoms with van der Waals surface area (Å²) >= 11 is 1.68. The van der Waals surface area contributed by atoms with Crippen LogP contribution in [0.2, 0.25) is 0 Å². The van der Waals surface area contributed by atoms with E-state index in [0.717, 1.165) is 12.8 Å². The number of thioether (sulfide) groups is 1. The van der Waals surface area contributed by atoms with Gasteiger partial charge in [-0.1, -0.05) is 49.4 Å². The second kappa shape index (κ2) is 8.07. The molecule has 0 radical (unpaired) electrons. The maximum Gasteiger partial charge on any atom is 0.233 e. The average Bonchev–Trinajstić information content (AvgIpc) is 3.06. The molecule has 2 atom stereocenters. The van der Waals surface area contributed by atoms with Crippen molar-refractivity contribution in [1.82, 2.24) is 10.2 Å². The van der Waals surface area contributed by atoms with Crippen LogP contribution in [0.4, 0.5) is 0 Å². The second-order valence-electron chi connectivity index (χ2n) is 6.74. The Morgan fingerprint density at radius 1 is 1.20 bits per heavy atom. The molecule has 132 valence electrons. The van der Waals surface area contributed by atoms with Crippen LogP contribution in [-0.2, 0) is 17.6 Å². The third-order valence-electron chi connectivity index (χ3n) is 4.81. The summed E-state index contributed by atoms with van der Waals surface area (Å²) < 4.78 is 0. The molecule has 1 aliphatic heterocycles. The van der Waals surface area contributed by atoms with Gasteiger partial charge in [-0.05, 0) is 49.7 Å². The van der Waals surface area contributed by atoms with E-state index in [1.54, 1.807) is 11.8 Å². The third-order valence-corrected chi connectivity index (χ3v) is 6.12. The Morgan fingerprint density at radius 2 is 1.92 bits per heavy atom. The Labute approximate surface area is 154 Å². The van der Waals surface area contributed by atoms with Crippen LogP contribution in [0.3, 0.4) is 0 Å². The summed E-state index contributed by atoms with van der Waals surface area (Å²) in [6, 6.07) is 17.2. The quantitative estimate of drug-likeness (QED) is 0.859. The first-order valence-electron chi connectivity index (χ1n) is 8.86. The third kappa shape index (κ3) is 4.25. The highest BCUT2D eigenvalue weighted by Gasteiger charge is 2.28. The van der Waals surface area contributed by atoms with Gasteiger partial charge in [-0.15, -0.1) is 11.8 Å². The first-order valence-corrected chi connectivity index (χ1v) is 9.74. The molecule has 1 amide bonds. The summed E-state index contributed by atoms with van der Waals surface area (Å²) in [6.07, 6.45) is 1.87. The summed E-state index contributed by atoms with van der Waals surface area (Å²) in [6.45, 7) is 2.79. The van der Waals surface area contributed by atoms with Crippen molar-refractivity contribution in [3.05, 3.63) is 65.2 Å². The lowest BCUT2D eigenvalue weighted by molar-refractivity contribution is -0.120. The molecule has 0 saturated heterocycles. The standard InChI is InChI=1S/C21H26N2OS/c1-4-15-9-11-16(12-10-15)18(23(2)3)14-22-21(24)20-13-17-7-5-6-8-19(17)25-20/h5-12,18,20H,4,13-14H2,1-3H3,(H,22,24)/t18-,20+/m0/s1. The largest absolute Gasteiger partial charge is 0.353 e. The molecule has 25 heavy (non-hydrogen) atoms. The van der Waals surface area contributed by atoms with Gasteiger partial charge in [0.2, 0.25) is 5.91 Å². The van der Waals surface area contributed by atoms with Gasteiger partial charge in [0.25, 0.3) is 0 Å². The fourth-order valence-corrected chi connectivity index (χ4v) is 4.43. The molecular weight excluding hydrogens is 328 g/mol. The van der Waals surface area contributed by atoms with Crippen LogP contribution in [-0.4, -0.2) is 36.7 Å². The monoisotopic (exact) mass is 354 g/mol. The molecule has 3 nitrogen and oxygen atoms in total. The Balaban J connectivity index is 1.61. The van der Waals surface area contributed by atoms with Gasteiger partial charge in [-0.25, -0.2) is 0 Å². The molecule has 4 heteroatoms. The highest BCUT2D eigenvalue weighted by Crippen LogP contribution is 2.36. The molecule has 1 heterocycles. The minimum absolute atomic E-state index is 0.0114. The second-order valence-corrected chi connectivity index (χ2v) is 7.98. The van der Waals surface area contributed by atoms with Crippen LogP contribution in [0.15, 0.2) is 53.4 Å². The molecule has 0 bridgehead atoms. The van der Waals surface area contributed by atoms with Crippen LogP contribution in [0, 0.1) is 0 Å². The van der Waals surface area contributed by atoms with Gasteiger partial charge >= 0.3 is 0 Å². The van der Waals surface area contributed by atoms with Crippen LogP contribution in [0.1, 0.15) is 29.7 Å². The van der Waals surface area contributed by atoms with Crippen molar-refractivity contribution in [2.24, 2.45) is 0 Å². The number of carbonyl (C=O) groups excluding carboxylic acids is 1. The molecular formula is C21H26N2OS. The van der Waals surface area contributed by atoms with Gasteiger partial charge in [-0.2, -0.15) is 0 Å². The lowest BCUT2D eigenvalue weighted by atomic mass is 10.0. The first kappa shape index (κ1) is 18.0. The van der Waals surface area contributed by atoms with Crippen molar-refractivity contribution < 1.29 is 4.79 Å². The van der Waals surface area contributed by atoms with E-state index in [9.17, 15) is 4.79 Å². The van der Waals surface area contributed by atoms with E-state index in [1.807, 2.05) is 12.1 Å². The summed E-state index contributed by atoms with van der Waals surface area (Å²) in [5, 5.41) is 3.16. The van der Waals surface area contributed by atoms with Crippen molar-refractivity contribution in [3.8, 4) is 0 Å². The molecule has 1 aliphatic rings. The molecule has 0 saturated carbocycles. The number of carbonyl (C=O) groups is 1. The minimum atomic E-state index is -0.0114. The summed E-state index contributed by atoms with van der Waals surface area (Å²) in [7, 11) is 4.12. The normalized spacial score (nSPS) is 17.4. The Bertz CT molecular complexity index is 702. The van der Waals surface area contributed by atoms with Crippen molar-refractivity contribution in [3.63, 3.8) is 0 Å². The van der Waals surface area contributed by atoms with Gasteiger partial charge in [0.1, 0.15) is 0 Å². The first-order chi connectivity index (χ1) is 12.1. The summed E-state index contributed by atoms with van der Waals surface area (Å²) in [5.41, 5.74) is 3.86. The molecule has 0 spiro atoms. The number of fused-ring (bicyclic) bond motifs is 1. The Morgan fingerprint density at radius 3 is 2.56 bits per heavy atom. The zero-order chi connectivity index (χ0) is 17.8.